The summed E-state index contributed by atoms with van der Waals surface area (Å²) in [6.45, 7) is 6.13. The number of fused-ring (bicyclic) bond motifs is 1. The molecule has 0 saturated heterocycles. The number of aromatic nitrogens is 2. The van der Waals surface area contributed by atoms with Crippen molar-refractivity contribution < 1.29 is 4.79 Å². The standard InChI is InChI=1S/C14H20N4O.2ClH/c1-9(2)18-12-7-5-4-6-11(12)17-14(18)10(3)16-13(19)8-15;;/h4-7,9-10H,8,15H2,1-3H3,(H,16,19);2*1H. The number of nitrogens with zero attached hydrogens (tertiary/aromatic N) is 2. The van der Waals surface area contributed by atoms with Crippen molar-refractivity contribution in [1.29, 1.82) is 0 Å². The van der Waals surface area contributed by atoms with Gasteiger partial charge in [0.05, 0.1) is 23.6 Å². The van der Waals surface area contributed by atoms with Crippen LogP contribution >= 0.6 is 24.8 Å². The minimum absolute atomic E-state index is 0. The van der Waals surface area contributed by atoms with Crippen LogP contribution < -0.4 is 11.1 Å². The molecule has 1 atom stereocenters. The Balaban J connectivity index is 0.00000200. The largest absolute Gasteiger partial charge is 0.345 e. The van der Waals surface area contributed by atoms with Crippen molar-refractivity contribution in [2.45, 2.75) is 32.9 Å². The SMILES string of the molecule is CC(NC(=O)CN)c1nc2ccccc2n1C(C)C.Cl.Cl. The second-order valence-electron chi connectivity index (χ2n) is 4.92. The number of halogens is 2. The summed E-state index contributed by atoms with van der Waals surface area (Å²) in [6, 6.07) is 8.10. The van der Waals surface area contributed by atoms with Gasteiger partial charge < -0.3 is 15.6 Å². The third-order valence-corrected chi connectivity index (χ3v) is 3.09. The maximum atomic E-state index is 11.4. The lowest BCUT2D eigenvalue weighted by Crippen LogP contribution is -2.33. The van der Waals surface area contributed by atoms with Gasteiger partial charge in [-0.1, -0.05) is 12.1 Å². The third kappa shape index (κ3) is 4.09. The van der Waals surface area contributed by atoms with Crippen LogP contribution in [0.1, 0.15) is 38.7 Å². The number of nitrogens with two attached hydrogens (primary N) is 1. The Bertz CT molecular complexity index is 598. The Labute approximate surface area is 137 Å². The molecule has 1 aromatic carbocycles. The van der Waals surface area contributed by atoms with Gasteiger partial charge in [-0.05, 0) is 32.9 Å². The number of hydrogen-bond acceptors (Lipinski definition) is 3. The monoisotopic (exact) mass is 332 g/mol. The van der Waals surface area contributed by atoms with Crippen LogP contribution in [0.3, 0.4) is 0 Å². The molecule has 5 nitrogen and oxygen atoms in total. The second kappa shape index (κ2) is 8.22. The van der Waals surface area contributed by atoms with E-state index in [1.807, 2.05) is 31.2 Å². The summed E-state index contributed by atoms with van der Waals surface area (Å²) in [4.78, 5) is 16.0. The van der Waals surface area contributed by atoms with Gasteiger partial charge >= 0.3 is 0 Å². The number of amides is 1. The van der Waals surface area contributed by atoms with Crippen LogP contribution in [0, 0.1) is 0 Å². The predicted octanol–water partition coefficient (Wildman–Crippen LogP) is 2.60. The molecular weight excluding hydrogens is 311 g/mol. The van der Waals surface area contributed by atoms with E-state index in [4.69, 9.17) is 5.73 Å². The Morgan fingerprint density at radius 2 is 1.90 bits per heavy atom. The number of rotatable bonds is 4. The van der Waals surface area contributed by atoms with Crippen LogP contribution in [0.4, 0.5) is 0 Å². The molecule has 2 rings (SSSR count). The number of hydrogen-bond donors (Lipinski definition) is 2. The quantitative estimate of drug-likeness (QED) is 0.903. The molecule has 3 N–H and O–H groups in total. The maximum absolute atomic E-state index is 11.4. The van der Waals surface area contributed by atoms with Gasteiger partial charge in [-0.3, -0.25) is 4.79 Å². The van der Waals surface area contributed by atoms with Crippen molar-refractivity contribution in [3.63, 3.8) is 0 Å². The summed E-state index contributed by atoms with van der Waals surface area (Å²) in [5.74, 6) is 0.688. The fraction of sp³-hybridized carbons (Fsp3) is 0.429. The Morgan fingerprint density at radius 3 is 2.48 bits per heavy atom. The summed E-state index contributed by atoms with van der Waals surface area (Å²) >= 11 is 0. The van der Waals surface area contributed by atoms with Gasteiger partial charge in [-0.25, -0.2) is 4.98 Å². The van der Waals surface area contributed by atoms with E-state index in [-0.39, 0.29) is 49.3 Å². The minimum Gasteiger partial charge on any atom is -0.345 e. The number of carbonyl (C=O) groups excluding carboxylic acids is 1. The van der Waals surface area contributed by atoms with Gasteiger partial charge in [0, 0.05) is 6.04 Å². The molecule has 0 saturated carbocycles. The fourth-order valence-corrected chi connectivity index (χ4v) is 2.28. The topological polar surface area (TPSA) is 72.9 Å². The van der Waals surface area contributed by atoms with E-state index in [0.29, 0.717) is 0 Å². The van der Waals surface area contributed by atoms with Crippen molar-refractivity contribution >= 4 is 41.8 Å². The van der Waals surface area contributed by atoms with Gasteiger partial charge in [0.1, 0.15) is 5.82 Å². The molecule has 1 unspecified atom stereocenters. The van der Waals surface area contributed by atoms with E-state index in [1.54, 1.807) is 0 Å². The lowest BCUT2D eigenvalue weighted by Gasteiger charge is -2.18. The summed E-state index contributed by atoms with van der Waals surface area (Å²) in [5.41, 5.74) is 7.36. The van der Waals surface area contributed by atoms with E-state index in [9.17, 15) is 4.79 Å². The Morgan fingerprint density at radius 1 is 1.29 bits per heavy atom. The number of benzene rings is 1. The molecule has 1 aromatic heterocycles. The molecule has 0 aliphatic carbocycles. The number of imidazole rings is 1. The van der Waals surface area contributed by atoms with Crippen molar-refractivity contribution in [2.24, 2.45) is 5.73 Å². The molecule has 2 aromatic rings. The highest BCUT2D eigenvalue weighted by Crippen LogP contribution is 2.24. The fourth-order valence-electron chi connectivity index (χ4n) is 2.28. The van der Waals surface area contributed by atoms with Gasteiger partial charge in [0.15, 0.2) is 0 Å². The maximum Gasteiger partial charge on any atom is 0.234 e. The lowest BCUT2D eigenvalue weighted by molar-refractivity contribution is -0.120. The zero-order chi connectivity index (χ0) is 14.0. The average molecular weight is 333 g/mol. The van der Waals surface area contributed by atoms with E-state index < -0.39 is 0 Å². The number of carbonyl (C=O) groups is 1. The number of para-hydroxylation sites is 2. The van der Waals surface area contributed by atoms with E-state index in [0.717, 1.165) is 16.9 Å². The van der Waals surface area contributed by atoms with Gasteiger partial charge in [-0.2, -0.15) is 0 Å². The normalized spacial score (nSPS) is 11.7. The van der Waals surface area contributed by atoms with E-state index in [1.165, 1.54) is 0 Å². The van der Waals surface area contributed by atoms with Gasteiger partial charge in [-0.15, -0.1) is 24.8 Å². The molecule has 0 radical (unpaired) electrons. The molecule has 7 heteroatoms. The predicted molar refractivity (Wildman–Crippen MR) is 90.2 cm³/mol. The average Bonchev–Trinajstić information content (AvgIpc) is 2.77. The first-order valence-corrected chi connectivity index (χ1v) is 6.51. The highest BCUT2D eigenvalue weighted by Gasteiger charge is 2.19. The zero-order valence-corrected chi connectivity index (χ0v) is 14.0. The first-order chi connectivity index (χ1) is 9.04. The highest BCUT2D eigenvalue weighted by atomic mass is 35.5. The highest BCUT2D eigenvalue weighted by molar-refractivity contribution is 5.85. The van der Waals surface area contributed by atoms with Crippen LogP contribution in [0.25, 0.3) is 11.0 Å². The lowest BCUT2D eigenvalue weighted by atomic mass is 10.2. The van der Waals surface area contributed by atoms with E-state index >= 15 is 0 Å². The van der Waals surface area contributed by atoms with E-state index in [2.05, 4.69) is 28.7 Å². The Kier molecular flexibility index (Phi) is 7.71. The first kappa shape index (κ1) is 19.7. The molecular formula is C14H22Cl2N4O. The Hall–Kier alpha value is -1.30. The van der Waals surface area contributed by atoms with Crippen LogP contribution in [0.2, 0.25) is 0 Å². The molecule has 0 fully saturated rings. The van der Waals surface area contributed by atoms with Crippen molar-refractivity contribution in [3.8, 4) is 0 Å². The molecule has 0 bridgehead atoms. The molecule has 21 heavy (non-hydrogen) atoms. The second-order valence-corrected chi connectivity index (χ2v) is 4.92. The van der Waals surface area contributed by atoms with Crippen molar-refractivity contribution in [1.82, 2.24) is 14.9 Å². The van der Waals surface area contributed by atoms with Gasteiger partial charge in [0.2, 0.25) is 5.91 Å². The van der Waals surface area contributed by atoms with Crippen LogP contribution in [-0.4, -0.2) is 22.0 Å². The summed E-state index contributed by atoms with van der Waals surface area (Å²) in [6.07, 6.45) is 0. The molecule has 118 valence electrons. The van der Waals surface area contributed by atoms with Crippen molar-refractivity contribution in [2.75, 3.05) is 6.54 Å². The minimum atomic E-state index is -0.171. The van der Waals surface area contributed by atoms with Crippen LogP contribution in [0.15, 0.2) is 24.3 Å². The van der Waals surface area contributed by atoms with Crippen LogP contribution in [-0.2, 0) is 4.79 Å². The zero-order valence-electron chi connectivity index (χ0n) is 12.4. The first-order valence-electron chi connectivity index (χ1n) is 6.51. The third-order valence-electron chi connectivity index (χ3n) is 3.09. The molecule has 0 aliphatic heterocycles. The molecule has 1 amide bonds. The van der Waals surface area contributed by atoms with Crippen LogP contribution in [0.5, 0.6) is 0 Å². The number of nitrogens with one attached hydrogen (secondary N) is 1. The summed E-state index contributed by atoms with van der Waals surface area (Å²) < 4.78 is 2.15. The van der Waals surface area contributed by atoms with Gasteiger partial charge in [0.25, 0.3) is 0 Å². The molecule has 0 spiro atoms. The smallest absolute Gasteiger partial charge is 0.234 e. The van der Waals surface area contributed by atoms with Crippen molar-refractivity contribution in [3.05, 3.63) is 30.1 Å². The molecule has 0 aliphatic rings. The summed E-state index contributed by atoms with van der Waals surface area (Å²) in [5, 5.41) is 2.85. The molecule has 1 heterocycles. The summed E-state index contributed by atoms with van der Waals surface area (Å²) in [7, 11) is 0.